The first-order chi connectivity index (χ1) is 9.35. The van der Waals surface area contributed by atoms with Gasteiger partial charge in [0.15, 0.2) is 0 Å². The van der Waals surface area contributed by atoms with Crippen LogP contribution in [0.2, 0.25) is 0 Å². The molecule has 2 heterocycles. The summed E-state index contributed by atoms with van der Waals surface area (Å²) in [7, 11) is 1.82. The number of nitrogens with zero attached hydrogens (tertiary/aromatic N) is 5. The summed E-state index contributed by atoms with van der Waals surface area (Å²) in [5.41, 5.74) is 0.956. The Bertz CT molecular complexity index is 546. The van der Waals surface area contributed by atoms with Crippen LogP contribution in [-0.2, 0) is 7.05 Å². The summed E-state index contributed by atoms with van der Waals surface area (Å²) in [6.45, 7) is 8.43. The summed E-state index contributed by atoms with van der Waals surface area (Å²) in [4.78, 5) is 16.4. The first kappa shape index (κ1) is 14.5. The molecule has 0 unspecified atom stereocenters. The Morgan fingerprint density at radius 2 is 1.95 bits per heavy atom. The van der Waals surface area contributed by atoms with Crippen LogP contribution in [-0.4, -0.2) is 57.2 Å². The average molecular weight is 275 g/mol. The topological polar surface area (TPSA) is 65.2 Å². The van der Waals surface area contributed by atoms with E-state index in [2.05, 4.69) is 16.1 Å². The summed E-state index contributed by atoms with van der Waals surface area (Å²) in [6.07, 6.45) is 1.77. The van der Waals surface area contributed by atoms with Gasteiger partial charge in [0, 0.05) is 39.4 Å². The molecule has 1 aliphatic rings. The second kappa shape index (κ2) is 5.25. The Labute approximate surface area is 119 Å². The number of hydrogen-bond acceptors (Lipinski definition) is 4. The zero-order valence-corrected chi connectivity index (χ0v) is 12.6. The minimum atomic E-state index is -0.473. The van der Waals surface area contributed by atoms with E-state index in [9.17, 15) is 4.79 Å². The van der Waals surface area contributed by atoms with Crippen molar-refractivity contribution in [3.05, 3.63) is 17.5 Å². The van der Waals surface area contributed by atoms with Crippen LogP contribution in [0.1, 0.15) is 29.9 Å². The van der Waals surface area contributed by atoms with Crippen LogP contribution in [0.15, 0.2) is 6.20 Å². The molecule has 1 aliphatic heterocycles. The van der Waals surface area contributed by atoms with Gasteiger partial charge in [0.05, 0.1) is 17.3 Å². The number of piperazine rings is 1. The van der Waals surface area contributed by atoms with Crippen LogP contribution in [0.4, 0.5) is 0 Å². The molecule has 1 saturated heterocycles. The molecule has 108 valence electrons. The van der Waals surface area contributed by atoms with Crippen molar-refractivity contribution >= 4 is 5.91 Å². The highest BCUT2D eigenvalue weighted by atomic mass is 16.2. The summed E-state index contributed by atoms with van der Waals surface area (Å²) in [6, 6.07) is 2.31. The lowest BCUT2D eigenvalue weighted by molar-refractivity contribution is 0.0520. The second-order valence-electron chi connectivity index (χ2n) is 5.75. The lowest BCUT2D eigenvalue weighted by Gasteiger charge is -2.40. The molecule has 0 radical (unpaired) electrons. The fraction of sp³-hybridized carbons (Fsp3) is 0.643. The zero-order chi connectivity index (χ0) is 14.9. The molecule has 0 saturated carbocycles. The third kappa shape index (κ3) is 2.68. The lowest BCUT2D eigenvalue weighted by atomic mass is 10.0. The van der Waals surface area contributed by atoms with E-state index in [-0.39, 0.29) is 5.91 Å². The Morgan fingerprint density at radius 3 is 2.40 bits per heavy atom. The number of nitriles is 1. The van der Waals surface area contributed by atoms with E-state index in [1.165, 1.54) is 0 Å². The molecule has 6 nitrogen and oxygen atoms in total. The SMILES string of the molecule is Cc1nn(C)cc1C(=O)N1CCN(C(C)(C)C#N)CC1. The van der Waals surface area contributed by atoms with Gasteiger partial charge in [-0.2, -0.15) is 10.4 Å². The number of hydrogen-bond donors (Lipinski definition) is 0. The fourth-order valence-corrected chi connectivity index (χ4v) is 2.52. The maximum absolute atomic E-state index is 12.4. The lowest BCUT2D eigenvalue weighted by Crippen LogP contribution is -2.55. The van der Waals surface area contributed by atoms with E-state index in [1.807, 2.05) is 32.7 Å². The Kier molecular flexibility index (Phi) is 3.82. The standard InChI is InChI=1S/C14H21N5O/c1-11-12(9-17(4)16-11)13(20)18-5-7-19(8-6-18)14(2,3)10-15/h9H,5-8H2,1-4H3. The van der Waals surface area contributed by atoms with E-state index >= 15 is 0 Å². The molecule has 1 amide bonds. The average Bonchev–Trinajstić information content (AvgIpc) is 2.77. The number of carbonyl (C=O) groups excluding carboxylic acids is 1. The van der Waals surface area contributed by atoms with E-state index in [1.54, 1.807) is 10.9 Å². The minimum Gasteiger partial charge on any atom is -0.336 e. The van der Waals surface area contributed by atoms with Gasteiger partial charge in [0.2, 0.25) is 0 Å². The van der Waals surface area contributed by atoms with Crippen molar-refractivity contribution in [1.29, 1.82) is 5.26 Å². The van der Waals surface area contributed by atoms with Crippen LogP contribution in [0, 0.1) is 18.3 Å². The fourth-order valence-electron chi connectivity index (χ4n) is 2.52. The zero-order valence-electron chi connectivity index (χ0n) is 12.6. The second-order valence-corrected chi connectivity index (χ2v) is 5.75. The molecule has 0 spiro atoms. The van der Waals surface area contributed by atoms with E-state index < -0.39 is 5.54 Å². The molecule has 0 bridgehead atoms. The van der Waals surface area contributed by atoms with Crippen LogP contribution >= 0.6 is 0 Å². The smallest absolute Gasteiger partial charge is 0.257 e. The van der Waals surface area contributed by atoms with Crippen molar-refractivity contribution in [3.63, 3.8) is 0 Å². The monoisotopic (exact) mass is 275 g/mol. The molecule has 20 heavy (non-hydrogen) atoms. The number of amides is 1. The van der Waals surface area contributed by atoms with E-state index in [0.717, 1.165) is 18.8 Å². The highest BCUT2D eigenvalue weighted by Crippen LogP contribution is 2.17. The van der Waals surface area contributed by atoms with Gasteiger partial charge in [-0.1, -0.05) is 0 Å². The summed E-state index contributed by atoms with van der Waals surface area (Å²) in [5.74, 6) is 0.0324. The van der Waals surface area contributed by atoms with Crippen molar-refractivity contribution in [2.75, 3.05) is 26.2 Å². The maximum Gasteiger partial charge on any atom is 0.257 e. The van der Waals surface area contributed by atoms with Gasteiger partial charge in [-0.05, 0) is 20.8 Å². The molecule has 2 rings (SSSR count). The van der Waals surface area contributed by atoms with Crippen molar-refractivity contribution in [2.24, 2.45) is 7.05 Å². The summed E-state index contributed by atoms with van der Waals surface area (Å²) >= 11 is 0. The van der Waals surface area contributed by atoms with Crippen molar-refractivity contribution in [3.8, 4) is 6.07 Å². The minimum absolute atomic E-state index is 0.0324. The van der Waals surface area contributed by atoms with Gasteiger partial charge >= 0.3 is 0 Å². The first-order valence-corrected chi connectivity index (χ1v) is 6.81. The van der Waals surface area contributed by atoms with Gasteiger partial charge in [-0.3, -0.25) is 14.4 Å². The van der Waals surface area contributed by atoms with E-state index in [0.29, 0.717) is 18.7 Å². The highest BCUT2D eigenvalue weighted by Gasteiger charge is 2.31. The largest absolute Gasteiger partial charge is 0.336 e. The van der Waals surface area contributed by atoms with Gasteiger partial charge in [-0.25, -0.2) is 0 Å². The molecule has 6 heteroatoms. The molecule has 0 aliphatic carbocycles. The highest BCUT2D eigenvalue weighted by molar-refractivity contribution is 5.95. The first-order valence-electron chi connectivity index (χ1n) is 6.81. The summed E-state index contributed by atoms with van der Waals surface area (Å²) in [5, 5.41) is 13.4. The molecule has 1 aromatic heterocycles. The number of rotatable bonds is 2. The van der Waals surface area contributed by atoms with Gasteiger partial charge in [0.25, 0.3) is 5.91 Å². The van der Waals surface area contributed by atoms with Crippen LogP contribution < -0.4 is 0 Å². The van der Waals surface area contributed by atoms with E-state index in [4.69, 9.17) is 5.26 Å². The molecule has 1 fully saturated rings. The normalized spacial score (nSPS) is 17.1. The maximum atomic E-state index is 12.4. The molecular formula is C14H21N5O. The van der Waals surface area contributed by atoms with Gasteiger partial charge in [0.1, 0.15) is 5.54 Å². The van der Waals surface area contributed by atoms with Crippen LogP contribution in [0.5, 0.6) is 0 Å². The number of aromatic nitrogens is 2. The van der Waals surface area contributed by atoms with Crippen LogP contribution in [0.3, 0.4) is 0 Å². The Balaban J connectivity index is 2.03. The number of carbonyl (C=O) groups is 1. The van der Waals surface area contributed by atoms with Gasteiger partial charge in [-0.15, -0.1) is 0 Å². The third-order valence-electron chi connectivity index (χ3n) is 3.87. The number of aryl methyl sites for hydroxylation is 2. The van der Waals surface area contributed by atoms with Crippen molar-refractivity contribution < 1.29 is 4.79 Å². The molecule has 0 atom stereocenters. The Morgan fingerprint density at radius 1 is 1.35 bits per heavy atom. The molecule has 0 N–H and O–H groups in total. The summed E-state index contributed by atoms with van der Waals surface area (Å²) < 4.78 is 1.66. The molecular weight excluding hydrogens is 254 g/mol. The van der Waals surface area contributed by atoms with Crippen LogP contribution in [0.25, 0.3) is 0 Å². The predicted octanol–water partition coefficient (Wildman–Crippen LogP) is 0.788. The molecule has 1 aromatic rings. The quantitative estimate of drug-likeness (QED) is 0.800. The van der Waals surface area contributed by atoms with Gasteiger partial charge < -0.3 is 4.90 Å². The third-order valence-corrected chi connectivity index (χ3v) is 3.87. The van der Waals surface area contributed by atoms with Crippen molar-refractivity contribution in [2.45, 2.75) is 26.3 Å². The van der Waals surface area contributed by atoms with Crippen molar-refractivity contribution in [1.82, 2.24) is 19.6 Å². The molecule has 0 aromatic carbocycles. The predicted molar refractivity (Wildman–Crippen MR) is 75.1 cm³/mol. The Hall–Kier alpha value is -1.87.